The lowest BCUT2D eigenvalue weighted by molar-refractivity contribution is 0.400. The van der Waals surface area contributed by atoms with Crippen LogP contribution < -0.4 is 9.64 Å². The van der Waals surface area contributed by atoms with Gasteiger partial charge in [-0.1, -0.05) is 17.3 Å². The Morgan fingerprint density at radius 2 is 2.30 bits per heavy atom. The highest BCUT2D eigenvalue weighted by Crippen LogP contribution is 2.39. The van der Waals surface area contributed by atoms with E-state index in [1.807, 2.05) is 24.3 Å². The van der Waals surface area contributed by atoms with Crippen LogP contribution >= 0.6 is 0 Å². The maximum Gasteiger partial charge on any atom is 0.324 e. The number of nitrogens with zero attached hydrogens (tertiary/aromatic N) is 3. The van der Waals surface area contributed by atoms with E-state index in [4.69, 9.17) is 9.26 Å². The number of anilines is 1. The largest absolute Gasteiger partial charge is 0.497 e. The molecular weight excluding hydrogens is 254 g/mol. The topological polar surface area (TPSA) is 51.4 Å². The zero-order valence-corrected chi connectivity index (χ0v) is 11.5. The van der Waals surface area contributed by atoms with Crippen LogP contribution in [0.15, 0.2) is 28.8 Å². The fourth-order valence-corrected chi connectivity index (χ4v) is 3.37. The Morgan fingerprint density at radius 1 is 1.35 bits per heavy atom. The molecule has 2 atom stereocenters. The van der Waals surface area contributed by atoms with Crippen molar-refractivity contribution in [2.45, 2.75) is 25.3 Å². The Hall–Kier alpha value is -2.04. The molecule has 1 aliphatic heterocycles. The molecule has 0 N–H and O–H groups in total. The minimum Gasteiger partial charge on any atom is -0.497 e. The first kappa shape index (κ1) is 11.8. The molecule has 0 spiro atoms. The number of piperidine rings is 1. The van der Waals surface area contributed by atoms with Gasteiger partial charge in [0.25, 0.3) is 0 Å². The molecular formula is C15H17N3O2. The van der Waals surface area contributed by atoms with Gasteiger partial charge < -0.3 is 14.2 Å². The van der Waals surface area contributed by atoms with Crippen molar-refractivity contribution < 1.29 is 9.26 Å². The summed E-state index contributed by atoms with van der Waals surface area (Å²) in [6.07, 6.45) is 3.87. The standard InChI is InChI=1S/C15H17N3O2/c1-19-13-4-2-3-11(8-13)14-16-15(20-17-14)18-9-10-5-6-12(18)7-10/h2-4,8,10,12H,5-7,9H2,1H3/t10-,12-/m0/s1. The summed E-state index contributed by atoms with van der Waals surface area (Å²) < 4.78 is 10.7. The Labute approximate surface area is 117 Å². The zero-order chi connectivity index (χ0) is 13.5. The van der Waals surface area contributed by atoms with E-state index < -0.39 is 0 Å². The van der Waals surface area contributed by atoms with Gasteiger partial charge in [0.1, 0.15) is 5.75 Å². The second-order valence-corrected chi connectivity index (χ2v) is 5.62. The Morgan fingerprint density at radius 3 is 3.05 bits per heavy atom. The van der Waals surface area contributed by atoms with Gasteiger partial charge in [-0.15, -0.1) is 0 Å². The van der Waals surface area contributed by atoms with Crippen LogP contribution in [0.4, 0.5) is 6.01 Å². The lowest BCUT2D eigenvalue weighted by Crippen LogP contribution is -2.32. The molecule has 0 unspecified atom stereocenters. The molecule has 1 aromatic carbocycles. The number of hydrogen-bond donors (Lipinski definition) is 0. The van der Waals surface area contributed by atoms with Gasteiger partial charge in [-0.05, 0) is 37.3 Å². The van der Waals surface area contributed by atoms with E-state index in [0.29, 0.717) is 17.9 Å². The van der Waals surface area contributed by atoms with Crippen molar-refractivity contribution >= 4 is 6.01 Å². The monoisotopic (exact) mass is 271 g/mol. The molecule has 1 saturated carbocycles. The van der Waals surface area contributed by atoms with Crippen LogP contribution in [-0.2, 0) is 0 Å². The third kappa shape index (κ3) is 1.85. The molecule has 5 heteroatoms. The van der Waals surface area contributed by atoms with Crippen LogP contribution in [0.1, 0.15) is 19.3 Å². The Balaban J connectivity index is 1.61. The number of benzene rings is 1. The van der Waals surface area contributed by atoms with E-state index in [0.717, 1.165) is 23.8 Å². The minimum atomic E-state index is 0.596. The fraction of sp³-hybridized carbons (Fsp3) is 0.467. The summed E-state index contributed by atoms with van der Waals surface area (Å²) in [4.78, 5) is 6.82. The average Bonchev–Trinajstić information content (AvgIpc) is 3.22. The minimum absolute atomic E-state index is 0.596. The molecule has 2 aromatic rings. The van der Waals surface area contributed by atoms with Gasteiger partial charge >= 0.3 is 6.01 Å². The highest BCUT2D eigenvalue weighted by molar-refractivity contribution is 5.58. The molecule has 2 aliphatic rings. The predicted octanol–water partition coefficient (Wildman–Crippen LogP) is 2.73. The van der Waals surface area contributed by atoms with E-state index in [1.54, 1.807) is 7.11 Å². The fourth-order valence-electron chi connectivity index (χ4n) is 3.37. The maximum absolute atomic E-state index is 5.45. The van der Waals surface area contributed by atoms with E-state index in [1.165, 1.54) is 19.3 Å². The van der Waals surface area contributed by atoms with Crippen molar-refractivity contribution in [1.29, 1.82) is 0 Å². The van der Waals surface area contributed by atoms with Gasteiger partial charge in [-0.3, -0.25) is 0 Å². The molecule has 1 aromatic heterocycles. The molecule has 2 bridgehead atoms. The van der Waals surface area contributed by atoms with Crippen molar-refractivity contribution in [1.82, 2.24) is 10.1 Å². The van der Waals surface area contributed by atoms with Gasteiger partial charge in [0, 0.05) is 18.2 Å². The summed E-state index contributed by atoms with van der Waals surface area (Å²) in [6, 6.07) is 8.98. The molecule has 5 nitrogen and oxygen atoms in total. The molecule has 0 amide bonds. The van der Waals surface area contributed by atoms with E-state index in [2.05, 4.69) is 15.0 Å². The third-order valence-corrected chi connectivity index (χ3v) is 4.40. The van der Waals surface area contributed by atoms with E-state index in [9.17, 15) is 0 Å². The predicted molar refractivity (Wildman–Crippen MR) is 74.8 cm³/mol. The van der Waals surface area contributed by atoms with E-state index in [-0.39, 0.29) is 0 Å². The highest BCUT2D eigenvalue weighted by Gasteiger charge is 2.40. The first-order chi connectivity index (χ1) is 9.83. The van der Waals surface area contributed by atoms with Gasteiger partial charge in [0.15, 0.2) is 0 Å². The summed E-state index contributed by atoms with van der Waals surface area (Å²) >= 11 is 0. The number of fused-ring (bicyclic) bond motifs is 2. The molecule has 1 aliphatic carbocycles. The summed E-state index contributed by atoms with van der Waals surface area (Å²) in [6.45, 7) is 1.06. The van der Waals surface area contributed by atoms with Gasteiger partial charge in [-0.2, -0.15) is 4.98 Å². The first-order valence-corrected chi connectivity index (χ1v) is 7.08. The van der Waals surface area contributed by atoms with Crippen LogP contribution in [0.3, 0.4) is 0 Å². The quantitative estimate of drug-likeness (QED) is 0.859. The summed E-state index contributed by atoms with van der Waals surface area (Å²) in [5, 5.41) is 4.11. The van der Waals surface area contributed by atoms with Crippen LogP contribution in [0.2, 0.25) is 0 Å². The highest BCUT2D eigenvalue weighted by atomic mass is 16.5. The number of ether oxygens (including phenoxy) is 1. The molecule has 0 radical (unpaired) electrons. The van der Waals surface area contributed by atoms with Gasteiger partial charge in [0.05, 0.1) is 7.11 Å². The molecule has 2 fully saturated rings. The second-order valence-electron chi connectivity index (χ2n) is 5.62. The number of rotatable bonds is 3. The van der Waals surface area contributed by atoms with Crippen LogP contribution in [-0.4, -0.2) is 29.8 Å². The lowest BCUT2D eigenvalue weighted by atomic mass is 10.1. The van der Waals surface area contributed by atoms with Crippen LogP contribution in [0.5, 0.6) is 5.75 Å². The number of methoxy groups -OCH3 is 1. The third-order valence-electron chi connectivity index (χ3n) is 4.40. The van der Waals surface area contributed by atoms with Gasteiger partial charge in [-0.25, -0.2) is 0 Å². The summed E-state index contributed by atoms with van der Waals surface area (Å²) in [7, 11) is 1.65. The molecule has 104 valence electrons. The van der Waals surface area contributed by atoms with Crippen LogP contribution in [0, 0.1) is 5.92 Å². The number of hydrogen-bond acceptors (Lipinski definition) is 5. The normalized spacial score (nSPS) is 24.4. The van der Waals surface area contributed by atoms with Crippen molar-refractivity contribution in [3.05, 3.63) is 24.3 Å². The van der Waals surface area contributed by atoms with Crippen molar-refractivity contribution in [2.24, 2.45) is 5.92 Å². The van der Waals surface area contributed by atoms with E-state index >= 15 is 0 Å². The van der Waals surface area contributed by atoms with Crippen LogP contribution in [0.25, 0.3) is 11.4 Å². The second kappa shape index (κ2) is 4.51. The smallest absolute Gasteiger partial charge is 0.324 e. The number of aromatic nitrogens is 2. The zero-order valence-electron chi connectivity index (χ0n) is 11.5. The molecule has 1 saturated heterocycles. The van der Waals surface area contributed by atoms with Crippen molar-refractivity contribution in [3.8, 4) is 17.1 Å². The SMILES string of the molecule is COc1cccc(-c2noc(N3C[C@H]4CC[C@H]3C4)n2)c1. The first-order valence-electron chi connectivity index (χ1n) is 7.08. The lowest BCUT2D eigenvalue weighted by Gasteiger charge is -2.24. The molecule has 4 rings (SSSR count). The Kier molecular flexibility index (Phi) is 2.65. The average molecular weight is 271 g/mol. The molecule has 2 heterocycles. The maximum atomic E-state index is 5.45. The molecule has 20 heavy (non-hydrogen) atoms. The van der Waals surface area contributed by atoms with Crippen molar-refractivity contribution in [2.75, 3.05) is 18.6 Å². The summed E-state index contributed by atoms with van der Waals surface area (Å²) in [5.41, 5.74) is 0.920. The van der Waals surface area contributed by atoms with Crippen molar-refractivity contribution in [3.63, 3.8) is 0 Å². The summed E-state index contributed by atoms with van der Waals surface area (Å²) in [5.74, 6) is 2.24. The van der Waals surface area contributed by atoms with Gasteiger partial charge in [0.2, 0.25) is 5.82 Å². The Bertz CT molecular complexity index is 625.